The number of carbonyl (C=O) groups excluding carboxylic acids is 2. The summed E-state index contributed by atoms with van der Waals surface area (Å²) in [5, 5.41) is 14.7. The molecule has 1 heterocycles. The van der Waals surface area contributed by atoms with E-state index in [0.29, 0.717) is 35.6 Å². The number of allylic oxidation sites excluding steroid dienone is 1. The number of hydrogen-bond acceptors (Lipinski definition) is 6. The van der Waals surface area contributed by atoms with Crippen LogP contribution in [0.25, 0.3) is 0 Å². The van der Waals surface area contributed by atoms with Crippen molar-refractivity contribution >= 4 is 35.0 Å². The molecule has 3 aromatic rings. The predicted octanol–water partition coefficient (Wildman–Crippen LogP) is 4.39. The standard InChI is InChI=1S/C25H29N5O3S/c1-5-13-30-22(15-23(31)26-19-12-11-17(3)14-18(19)4)28-29-25(30)34-16-24(32)27-20-9-7-8-10-21(20)33-6-2/h5,7-12,14H,1,6,13,15-16H2,2-4H3,(H,26,31)(H,27,32). The fourth-order valence-electron chi connectivity index (χ4n) is 3.33. The number of para-hydroxylation sites is 2. The van der Waals surface area contributed by atoms with Gasteiger partial charge in [0, 0.05) is 12.2 Å². The molecule has 3 rings (SSSR count). The third-order valence-electron chi connectivity index (χ3n) is 4.87. The minimum atomic E-state index is -0.195. The lowest BCUT2D eigenvalue weighted by molar-refractivity contribution is -0.116. The molecule has 0 atom stereocenters. The minimum Gasteiger partial charge on any atom is -0.492 e. The van der Waals surface area contributed by atoms with Gasteiger partial charge in [-0.1, -0.05) is 47.7 Å². The maximum atomic E-state index is 12.6. The lowest BCUT2D eigenvalue weighted by Crippen LogP contribution is -2.18. The molecule has 178 valence electrons. The van der Waals surface area contributed by atoms with Gasteiger partial charge in [0.15, 0.2) is 5.16 Å². The number of hydrogen-bond donors (Lipinski definition) is 2. The summed E-state index contributed by atoms with van der Waals surface area (Å²) in [5.41, 5.74) is 3.51. The van der Waals surface area contributed by atoms with Crippen LogP contribution >= 0.6 is 11.8 Å². The number of benzene rings is 2. The van der Waals surface area contributed by atoms with Crippen molar-refractivity contribution in [3.63, 3.8) is 0 Å². The molecule has 0 fully saturated rings. The first-order chi connectivity index (χ1) is 16.4. The number of nitrogens with zero attached hydrogens (tertiary/aromatic N) is 3. The van der Waals surface area contributed by atoms with E-state index in [1.165, 1.54) is 11.8 Å². The van der Waals surface area contributed by atoms with E-state index in [2.05, 4.69) is 27.4 Å². The second-order valence-corrected chi connectivity index (χ2v) is 8.55. The zero-order valence-electron chi connectivity index (χ0n) is 19.6. The monoisotopic (exact) mass is 479 g/mol. The molecule has 0 spiro atoms. The van der Waals surface area contributed by atoms with E-state index in [-0.39, 0.29) is 24.0 Å². The number of nitrogens with one attached hydrogen (secondary N) is 2. The molecule has 2 amide bonds. The summed E-state index contributed by atoms with van der Waals surface area (Å²) < 4.78 is 7.34. The topological polar surface area (TPSA) is 98.1 Å². The smallest absolute Gasteiger partial charge is 0.234 e. The normalized spacial score (nSPS) is 10.6. The molecule has 8 nitrogen and oxygen atoms in total. The third kappa shape index (κ3) is 6.71. The van der Waals surface area contributed by atoms with Crippen LogP contribution in [0.5, 0.6) is 5.75 Å². The van der Waals surface area contributed by atoms with Crippen LogP contribution in [0, 0.1) is 13.8 Å². The Kier molecular flexibility index (Phi) is 8.86. The van der Waals surface area contributed by atoms with Gasteiger partial charge in [-0.05, 0) is 44.5 Å². The SMILES string of the molecule is C=CCn1c(CC(=O)Nc2ccc(C)cc2C)nnc1SCC(=O)Nc1ccccc1OCC. The van der Waals surface area contributed by atoms with Crippen LogP contribution in [0.4, 0.5) is 11.4 Å². The Morgan fingerprint density at radius 2 is 1.85 bits per heavy atom. The number of aromatic nitrogens is 3. The van der Waals surface area contributed by atoms with E-state index in [1.54, 1.807) is 16.7 Å². The molecular formula is C25H29N5O3S. The van der Waals surface area contributed by atoms with Gasteiger partial charge >= 0.3 is 0 Å². The van der Waals surface area contributed by atoms with Crippen LogP contribution in [0.3, 0.4) is 0 Å². The van der Waals surface area contributed by atoms with Gasteiger partial charge in [0.05, 0.1) is 24.5 Å². The number of carbonyl (C=O) groups is 2. The highest BCUT2D eigenvalue weighted by atomic mass is 32.2. The molecule has 1 aromatic heterocycles. The van der Waals surface area contributed by atoms with Crippen molar-refractivity contribution in [3.05, 3.63) is 72.1 Å². The first-order valence-corrected chi connectivity index (χ1v) is 11.9. The van der Waals surface area contributed by atoms with Gasteiger partial charge in [-0.2, -0.15) is 0 Å². The molecule has 0 aliphatic carbocycles. The number of rotatable bonds is 11. The van der Waals surface area contributed by atoms with Gasteiger partial charge < -0.3 is 19.9 Å². The van der Waals surface area contributed by atoms with Gasteiger partial charge in [0.25, 0.3) is 0 Å². The second-order valence-electron chi connectivity index (χ2n) is 7.61. The van der Waals surface area contributed by atoms with Crippen molar-refractivity contribution in [2.24, 2.45) is 0 Å². The number of anilines is 2. The quantitative estimate of drug-likeness (QED) is 0.313. The Morgan fingerprint density at radius 1 is 1.09 bits per heavy atom. The highest BCUT2D eigenvalue weighted by Gasteiger charge is 2.17. The van der Waals surface area contributed by atoms with Crippen LogP contribution in [0.1, 0.15) is 23.9 Å². The van der Waals surface area contributed by atoms with E-state index < -0.39 is 0 Å². The minimum absolute atomic E-state index is 0.0582. The predicted molar refractivity (Wildman–Crippen MR) is 135 cm³/mol. The number of amides is 2. The van der Waals surface area contributed by atoms with E-state index in [9.17, 15) is 9.59 Å². The molecule has 0 saturated carbocycles. The molecular weight excluding hydrogens is 450 g/mol. The van der Waals surface area contributed by atoms with Crippen LogP contribution in [-0.2, 0) is 22.6 Å². The van der Waals surface area contributed by atoms with Crippen molar-refractivity contribution in [1.82, 2.24) is 14.8 Å². The molecule has 2 aromatic carbocycles. The Hall–Kier alpha value is -3.59. The Bertz CT molecular complexity index is 1180. The number of thioether (sulfide) groups is 1. The summed E-state index contributed by atoms with van der Waals surface area (Å²) in [6, 6.07) is 13.1. The first-order valence-electron chi connectivity index (χ1n) is 11.0. The number of ether oxygens (including phenoxy) is 1. The molecule has 0 radical (unpaired) electrons. The molecule has 34 heavy (non-hydrogen) atoms. The zero-order valence-corrected chi connectivity index (χ0v) is 20.4. The maximum absolute atomic E-state index is 12.6. The van der Waals surface area contributed by atoms with Gasteiger partial charge in [0.1, 0.15) is 11.6 Å². The van der Waals surface area contributed by atoms with E-state index in [1.807, 2.05) is 57.2 Å². The van der Waals surface area contributed by atoms with Gasteiger partial charge in [-0.3, -0.25) is 9.59 Å². The van der Waals surface area contributed by atoms with Crippen molar-refractivity contribution in [3.8, 4) is 5.75 Å². The lowest BCUT2D eigenvalue weighted by Gasteiger charge is -2.11. The maximum Gasteiger partial charge on any atom is 0.234 e. The second kappa shape index (κ2) is 12.0. The molecule has 0 bridgehead atoms. The summed E-state index contributed by atoms with van der Waals surface area (Å²) in [4.78, 5) is 25.2. The first kappa shape index (κ1) is 25.0. The largest absolute Gasteiger partial charge is 0.492 e. The van der Waals surface area contributed by atoms with Crippen LogP contribution < -0.4 is 15.4 Å². The Morgan fingerprint density at radius 3 is 2.59 bits per heavy atom. The fourth-order valence-corrected chi connectivity index (χ4v) is 4.10. The van der Waals surface area contributed by atoms with E-state index in [4.69, 9.17) is 4.74 Å². The summed E-state index contributed by atoms with van der Waals surface area (Å²) in [7, 11) is 0. The van der Waals surface area contributed by atoms with E-state index >= 15 is 0 Å². The van der Waals surface area contributed by atoms with Crippen molar-refractivity contribution in [2.75, 3.05) is 23.0 Å². The van der Waals surface area contributed by atoms with E-state index in [0.717, 1.165) is 16.8 Å². The van der Waals surface area contributed by atoms with Crippen LogP contribution in [-0.4, -0.2) is 38.9 Å². The fraction of sp³-hybridized carbons (Fsp3) is 0.280. The van der Waals surface area contributed by atoms with Gasteiger partial charge in [-0.25, -0.2) is 0 Å². The molecule has 0 aliphatic heterocycles. The highest BCUT2D eigenvalue weighted by Crippen LogP contribution is 2.25. The average Bonchev–Trinajstić information content (AvgIpc) is 3.17. The average molecular weight is 480 g/mol. The molecule has 0 saturated heterocycles. The lowest BCUT2D eigenvalue weighted by atomic mass is 10.1. The van der Waals surface area contributed by atoms with Gasteiger partial charge in [-0.15, -0.1) is 16.8 Å². The zero-order chi connectivity index (χ0) is 24.5. The summed E-state index contributed by atoms with van der Waals surface area (Å²) >= 11 is 1.25. The molecule has 2 N–H and O–H groups in total. The van der Waals surface area contributed by atoms with Crippen molar-refractivity contribution < 1.29 is 14.3 Å². The summed E-state index contributed by atoms with van der Waals surface area (Å²) in [5.74, 6) is 0.873. The molecule has 0 unspecified atom stereocenters. The third-order valence-corrected chi connectivity index (χ3v) is 5.84. The summed E-state index contributed by atoms with van der Waals surface area (Å²) in [6.07, 6.45) is 1.76. The number of aryl methyl sites for hydroxylation is 2. The highest BCUT2D eigenvalue weighted by molar-refractivity contribution is 7.99. The molecule has 9 heteroatoms. The van der Waals surface area contributed by atoms with Crippen LogP contribution in [0.2, 0.25) is 0 Å². The molecule has 0 aliphatic rings. The Labute approximate surface area is 203 Å². The summed E-state index contributed by atoms with van der Waals surface area (Å²) in [6.45, 7) is 10.6. The van der Waals surface area contributed by atoms with Gasteiger partial charge in [0.2, 0.25) is 11.8 Å². The van der Waals surface area contributed by atoms with Crippen molar-refractivity contribution in [2.45, 2.75) is 38.9 Å². The van der Waals surface area contributed by atoms with Crippen molar-refractivity contribution in [1.29, 1.82) is 0 Å². The Balaban J connectivity index is 1.63. The van der Waals surface area contributed by atoms with Crippen LogP contribution in [0.15, 0.2) is 60.3 Å².